The van der Waals surface area contributed by atoms with Crippen molar-refractivity contribution in [2.24, 2.45) is 0 Å². The van der Waals surface area contributed by atoms with E-state index in [2.05, 4.69) is 4.98 Å². The van der Waals surface area contributed by atoms with Gasteiger partial charge in [-0.1, -0.05) is 6.07 Å². The smallest absolute Gasteiger partial charge is 0.387 e. The second-order valence-corrected chi connectivity index (χ2v) is 2.62. The van der Waals surface area contributed by atoms with Gasteiger partial charge in [0.1, 0.15) is 5.69 Å². The predicted octanol–water partition coefficient (Wildman–Crippen LogP) is 2.15. The topological polar surface area (TPSA) is 33.1 Å². The summed E-state index contributed by atoms with van der Waals surface area (Å²) in [4.78, 5) is 3.27. The Morgan fingerprint density at radius 3 is 2.46 bits per heavy atom. The highest BCUT2D eigenvalue weighted by Gasteiger charge is 2.32. The number of hydrogen-bond donors (Lipinski definition) is 1. The molecule has 5 heteroatoms. The Balaban J connectivity index is 3.06. The first kappa shape index (κ1) is 9.98. The molecular weight excluding hydrogens is 183 g/mol. The number of aromatic nitrogens is 1. The fourth-order valence-corrected chi connectivity index (χ4v) is 0.842. The molecule has 1 N–H and O–H groups in total. The third kappa shape index (κ3) is 2.42. The number of pyridine rings is 1. The summed E-state index contributed by atoms with van der Waals surface area (Å²) in [5.74, 6) is 0. The Morgan fingerprint density at radius 1 is 1.38 bits per heavy atom. The molecule has 13 heavy (non-hydrogen) atoms. The van der Waals surface area contributed by atoms with E-state index in [1.54, 1.807) is 0 Å². The van der Waals surface area contributed by atoms with Gasteiger partial charge in [-0.25, -0.2) is 4.98 Å². The molecule has 0 saturated heterocycles. The lowest BCUT2D eigenvalue weighted by atomic mass is 10.2. The molecule has 72 valence electrons. The number of hydrogen-bond acceptors (Lipinski definition) is 2. The first-order valence-electron chi connectivity index (χ1n) is 3.63. The molecule has 0 unspecified atom stereocenters. The summed E-state index contributed by atoms with van der Waals surface area (Å²) >= 11 is 0. The lowest BCUT2D eigenvalue weighted by Crippen LogP contribution is -2.09. The Hall–Kier alpha value is -1.10. The van der Waals surface area contributed by atoms with Gasteiger partial charge in [-0.3, -0.25) is 0 Å². The number of nitrogens with zero attached hydrogens (tertiary/aromatic N) is 1. The van der Waals surface area contributed by atoms with E-state index in [9.17, 15) is 13.2 Å². The van der Waals surface area contributed by atoms with Crippen molar-refractivity contribution in [3.05, 3.63) is 29.6 Å². The van der Waals surface area contributed by atoms with Gasteiger partial charge in [-0.2, -0.15) is 13.2 Å². The van der Waals surface area contributed by atoms with E-state index in [0.29, 0.717) is 0 Å². The Morgan fingerprint density at radius 2 is 2.00 bits per heavy atom. The highest BCUT2D eigenvalue weighted by atomic mass is 19.4. The SMILES string of the molecule is C[C@@H](O)c1cccc(C(F)(F)F)n1. The van der Waals surface area contributed by atoms with Crippen molar-refractivity contribution in [1.82, 2.24) is 4.98 Å². The van der Waals surface area contributed by atoms with Crippen LogP contribution in [-0.4, -0.2) is 10.1 Å². The van der Waals surface area contributed by atoms with Crippen molar-refractivity contribution in [2.75, 3.05) is 0 Å². The maximum Gasteiger partial charge on any atom is 0.433 e. The van der Waals surface area contributed by atoms with Gasteiger partial charge in [0.05, 0.1) is 11.8 Å². The van der Waals surface area contributed by atoms with Crippen molar-refractivity contribution in [1.29, 1.82) is 0 Å². The van der Waals surface area contributed by atoms with E-state index in [-0.39, 0.29) is 5.69 Å². The summed E-state index contributed by atoms with van der Waals surface area (Å²) < 4.78 is 36.3. The van der Waals surface area contributed by atoms with Gasteiger partial charge in [0.25, 0.3) is 0 Å². The lowest BCUT2D eigenvalue weighted by Gasteiger charge is -2.08. The zero-order valence-corrected chi connectivity index (χ0v) is 6.84. The Labute approximate surface area is 73.0 Å². The molecule has 0 radical (unpaired) electrons. The van der Waals surface area contributed by atoms with Crippen LogP contribution in [0.1, 0.15) is 24.4 Å². The van der Waals surface area contributed by atoms with Crippen LogP contribution in [0, 0.1) is 0 Å². The fourth-order valence-electron chi connectivity index (χ4n) is 0.842. The largest absolute Gasteiger partial charge is 0.433 e. The summed E-state index contributed by atoms with van der Waals surface area (Å²) in [6, 6.07) is 3.43. The van der Waals surface area contributed by atoms with Crippen LogP contribution in [-0.2, 0) is 6.18 Å². The normalized spacial score (nSPS) is 14.2. The van der Waals surface area contributed by atoms with Gasteiger partial charge in [0.15, 0.2) is 0 Å². The molecule has 0 aliphatic rings. The molecule has 1 heterocycles. The van der Waals surface area contributed by atoms with E-state index in [1.165, 1.54) is 19.1 Å². The fraction of sp³-hybridized carbons (Fsp3) is 0.375. The van der Waals surface area contributed by atoms with Crippen LogP contribution in [0.5, 0.6) is 0 Å². The first-order valence-corrected chi connectivity index (χ1v) is 3.63. The van der Waals surface area contributed by atoms with Gasteiger partial charge < -0.3 is 5.11 Å². The molecule has 0 fully saturated rings. The van der Waals surface area contributed by atoms with Gasteiger partial charge >= 0.3 is 6.18 Å². The van der Waals surface area contributed by atoms with Crippen molar-refractivity contribution in [3.63, 3.8) is 0 Å². The third-order valence-corrected chi connectivity index (χ3v) is 1.49. The summed E-state index contributed by atoms with van der Waals surface area (Å²) in [7, 11) is 0. The molecule has 1 atom stereocenters. The monoisotopic (exact) mass is 191 g/mol. The summed E-state index contributed by atoms with van der Waals surface area (Å²) in [5, 5.41) is 8.98. The van der Waals surface area contributed by atoms with Crippen LogP contribution < -0.4 is 0 Å². The van der Waals surface area contributed by atoms with Crippen LogP contribution in [0.15, 0.2) is 18.2 Å². The molecular formula is C8H8F3NO. The molecule has 0 bridgehead atoms. The second-order valence-electron chi connectivity index (χ2n) is 2.62. The minimum absolute atomic E-state index is 0.0230. The number of aliphatic hydroxyl groups is 1. The second kappa shape index (κ2) is 3.33. The van der Waals surface area contributed by atoms with E-state index in [1.807, 2.05) is 0 Å². The van der Waals surface area contributed by atoms with Gasteiger partial charge in [-0.15, -0.1) is 0 Å². The molecule has 0 aromatic carbocycles. The van der Waals surface area contributed by atoms with Crippen LogP contribution in [0.2, 0.25) is 0 Å². The number of halogens is 3. The van der Waals surface area contributed by atoms with Crippen LogP contribution in [0.3, 0.4) is 0 Å². The van der Waals surface area contributed by atoms with E-state index >= 15 is 0 Å². The highest BCUT2D eigenvalue weighted by Crippen LogP contribution is 2.28. The summed E-state index contributed by atoms with van der Waals surface area (Å²) in [6.07, 6.45) is -5.44. The maximum atomic E-state index is 12.1. The molecule has 2 nitrogen and oxygen atoms in total. The van der Waals surface area contributed by atoms with E-state index in [4.69, 9.17) is 5.11 Å². The maximum absolute atomic E-state index is 12.1. The Bertz CT molecular complexity index is 296. The van der Waals surface area contributed by atoms with Crippen LogP contribution >= 0.6 is 0 Å². The predicted molar refractivity (Wildman–Crippen MR) is 39.9 cm³/mol. The van der Waals surface area contributed by atoms with E-state index in [0.717, 1.165) is 6.07 Å². The summed E-state index contributed by atoms with van der Waals surface area (Å²) in [5.41, 5.74) is -0.958. The molecule has 0 aliphatic carbocycles. The van der Waals surface area contributed by atoms with Gasteiger partial charge in [0, 0.05) is 0 Å². The number of rotatable bonds is 1. The minimum atomic E-state index is -4.45. The molecule has 1 aromatic rings. The van der Waals surface area contributed by atoms with E-state index < -0.39 is 18.0 Å². The van der Waals surface area contributed by atoms with Crippen molar-refractivity contribution >= 4 is 0 Å². The molecule has 0 saturated carbocycles. The average Bonchev–Trinajstić information content (AvgIpc) is 2.03. The Kier molecular flexibility index (Phi) is 2.56. The molecule has 1 aromatic heterocycles. The standard InChI is InChI=1S/C8H8F3NO/c1-5(13)6-3-2-4-7(12-6)8(9,10)11/h2-5,13H,1H3/t5-/m1/s1. The molecule has 0 amide bonds. The molecule has 1 rings (SSSR count). The van der Waals surface area contributed by atoms with Crippen LogP contribution in [0.4, 0.5) is 13.2 Å². The lowest BCUT2D eigenvalue weighted by molar-refractivity contribution is -0.141. The van der Waals surface area contributed by atoms with Gasteiger partial charge in [0.2, 0.25) is 0 Å². The number of aliphatic hydroxyl groups excluding tert-OH is 1. The van der Waals surface area contributed by atoms with Crippen molar-refractivity contribution < 1.29 is 18.3 Å². The quantitative estimate of drug-likeness (QED) is 0.737. The van der Waals surface area contributed by atoms with Crippen molar-refractivity contribution in [2.45, 2.75) is 19.2 Å². The summed E-state index contributed by atoms with van der Waals surface area (Å²) in [6.45, 7) is 1.36. The molecule has 0 spiro atoms. The first-order chi connectivity index (χ1) is 5.91. The highest BCUT2D eigenvalue weighted by molar-refractivity contribution is 5.14. The van der Waals surface area contributed by atoms with Crippen LogP contribution in [0.25, 0.3) is 0 Å². The minimum Gasteiger partial charge on any atom is -0.387 e. The average molecular weight is 191 g/mol. The van der Waals surface area contributed by atoms with Crippen molar-refractivity contribution in [3.8, 4) is 0 Å². The zero-order valence-electron chi connectivity index (χ0n) is 6.84. The van der Waals surface area contributed by atoms with Gasteiger partial charge in [-0.05, 0) is 19.1 Å². The zero-order chi connectivity index (χ0) is 10.1. The number of alkyl halides is 3. The third-order valence-electron chi connectivity index (χ3n) is 1.49. The molecule has 0 aliphatic heterocycles.